The molecule has 2 atom stereocenters. The van der Waals surface area contributed by atoms with E-state index in [1.54, 1.807) is 30.3 Å². The van der Waals surface area contributed by atoms with Crippen LogP contribution in [0, 0.1) is 5.92 Å². The van der Waals surface area contributed by atoms with E-state index in [1.165, 1.54) is 19.2 Å². The van der Waals surface area contributed by atoms with Crippen molar-refractivity contribution in [3.63, 3.8) is 0 Å². The first-order chi connectivity index (χ1) is 16.7. The van der Waals surface area contributed by atoms with Gasteiger partial charge in [0.2, 0.25) is 11.8 Å². The molecule has 0 aliphatic heterocycles. The number of carboxylic acids is 1. The normalized spacial score (nSPS) is 12.2. The Morgan fingerprint density at radius 1 is 1.14 bits per heavy atom. The summed E-state index contributed by atoms with van der Waals surface area (Å²) < 4.78 is 5.35. The number of urea groups is 1. The van der Waals surface area contributed by atoms with Gasteiger partial charge in [0.15, 0.2) is 0 Å². The summed E-state index contributed by atoms with van der Waals surface area (Å²) in [5.74, 6) is -2.27. The molecular formula is C24H27BrClN3O6. The summed E-state index contributed by atoms with van der Waals surface area (Å²) in [6, 6.07) is 9.96. The Balaban J connectivity index is 2.16. The number of carbonyl (C=O) groups is 4. The number of imide groups is 1. The topological polar surface area (TPSA) is 134 Å². The average Bonchev–Trinajstić information content (AvgIpc) is 2.84. The molecule has 2 aromatic carbocycles. The fourth-order valence-corrected chi connectivity index (χ4v) is 3.82. The summed E-state index contributed by atoms with van der Waals surface area (Å²) in [7, 11) is 1.49. The Bertz CT molecular complexity index is 1080. The second-order valence-electron chi connectivity index (χ2n) is 7.65. The molecule has 4 amide bonds. The van der Waals surface area contributed by atoms with E-state index in [9.17, 15) is 24.3 Å². The second kappa shape index (κ2) is 13.7. The molecule has 0 spiro atoms. The quantitative estimate of drug-likeness (QED) is 0.306. The van der Waals surface area contributed by atoms with Crippen molar-refractivity contribution in [1.29, 1.82) is 0 Å². The van der Waals surface area contributed by atoms with Gasteiger partial charge in [-0.15, -0.1) is 0 Å². The number of aromatic carboxylic acids is 1. The van der Waals surface area contributed by atoms with Gasteiger partial charge in [0.1, 0.15) is 5.75 Å². The van der Waals surface area contributed by atoms with Crippen LogP contribution in [0.4, 0.5) is 4.79 Å². The van der Waals surface area contributed by atoms with Crippen LogP contribution < -0.4 is 20.7 Å². The lowest BCUT2D eigenvalue weighted by atomic mass is 9.97. The van der Waals surface area contributed by atoms with E-state index < -0.39 is 29.9 Å². The number of carbonyl (C=O) groups excluding carboxylic acids is 3. The molecule has 4 N–H and O–H groups in total. The van der Waals surface area contributed by atoms with Gasteiger partial charge in [-0.3, -0.25) is 14.9 Å². The summed E-state index contributed by atoms with van der Waals surface area (Å²) in [5.41, 5.74) is 1.34. The lowest BCUT2D eigenvalue weighted by Crippen LogP contribution is -2.46. The standard InChI is InChI=1S/C24H27BrClN3O6/c1-3-19(14-5-4-6-15(9-14)23(32)33)28-24(34)29-22(31)17(13-27-21(30)12-25)10-16-11-18(26)7-8-20(16)35-2/h4-9,11,17,19H,3,10,12-13H2,1-2H3,(H,27,30)(H,32,33)(H2,28,29,31,34)/t17-,19-/m1/s1. The predicted octanol–water partition coefficient (Wildman–Crippen LogP) is 3.69. The molecule has 0 aromatic heterocycles. The highest BCUT2D eigenvalue weighted by Crippen LogP contribution is 2.25. The maximum absolute atomic E-state index is 13.0. The predicted molar refractivity (Wildman–Crippen MR) is 135 cm³/mol. The molecule has 35 heavy (non-hydrogen) atoms. The van der Waals surface area contributed by atoms with Crippen molar-refractivity contribution in [2.24, 2.45) is 5.92 Å². The first kappa shape index (κ1) is 28.1. The Morgan fingerprint density at radius 2 is 1.89 bits per heavy atom. The summed E-state index contributed by atoms with van der Waals surface area (Å²) >= 11 is 9.16. The van der Waals surface area contributed by atoms with E-state index in [2.05, 4.69) is 31.9 Å². The van der Waals surface area contributed by atoms with Crippen LogP contribution >= 0.6 is 27.5 Å². The molecule has 0 fully saturated rings. The van der Waals surface area contributed by atoms with Gasteiger partial charge in [0.05, 0.1) is 30.0 Å². The number of hydrogen-bond acceptors (Lipinski definition) is 5. The molecule has 188 valence electrons. The van der Waals surface area contributed by atoms with Gasteiger partial charge in [0.25, 0.3) is 0 Å². The average molecular weight is 569 g/mol. The van der Waals surface area contributed by atoms with Crippen molar-refractivity contribution in [2.75, 3.05) is 19.0 Å². The van der Waals surface area contributed by atoms with Crippen molar-refractivity contribution in [1.82, 2.24) is 16.0 Å². The largest absolute Gasteiger partial charge is 0.496 e. The molecule has 0 bridgehead atoms. The summed E-state index contributed by atoms with van der Waals surface area (Å²) in [4.78, 5) is 48.7. The van der Waals surface area contributed by atoms with Crippen LogP contribution in [0.15, 0.2) is 42.5 Å². The first-order valence-corrected chi connectivity index (χ1v) is 12.3. The minimum absolute atomic E-state index is 0.0168. The summed E-state index contributed by atoms with van der Waals surface area (Å²) in [6.07, 6.45) is 0.623. The van der Waals surface area contributed by atoms with Crippen molar-refractivity contribution in [3.8, 4) is 5.75 Å². The van der Waals surface area contributed by atoms with E-state index >= 15 is 0 Å². The highest BCUT2D eigenvalue weighted by Gasteiger charge is 2.24. The van der Waals surface area contributed by atoms with Crippen molar-refractivity contribution in [3.05, 3.63) is 64.2 Å². The monoisotopic (exact) mass is 567 g/mol. The molecule has 2 aromatic rings. The third-order valence-corrected chi connectivity index (χ3v) is 5.98. The number of alkyl halides is 1. The van der Waals surface area contributed by atoms with Crippen molar-refractivity contribution < 1.29 is 29.0 Å². The molecule has 0 saturated heterocycles. The number of rotatable bonds is 11. The highest BCUT2D eigenvalue weighted by atomic mass is 79.9. The maximum Gasteiger partial charge on any atom is 0.335 e. The van der Waals surface area contributed by atoms with Gasteiger partial charge in [-0.25, -0.2) is 9.59 Å². The SMILES string of the molecule is CC[C@@H](NC(=O)NC(=O)[C@@H](CNC(=O)CBr)Cc1cc(Cl)ccc1OC)c1cccc(C(=O)O)c1. The zero-order chi connectivity index (χ0) is 26.0. The van der Waals surface area contributed by atoms with E-state index in [0.717, 1.165) is 0 Å². The van der Waals surface area contributed by atoms with Crippen molar-refractivity contribution >= 4 is 51.3 Å². The van der Waals surface area contributed by atoms with Gasteiger partial charge < -0.3 is 20.5 Å². The number of hydrogen-bond donors (Lipinski definition) is 4. The van der Waals surface area contributed by atoms with Gasteiger partial charge >= 0.3 is 12.0 Å². The molecule has 0 aliphatic carbocycles. The fraction of sp³-hybridized carbons (Fsp3) is 0.333. The minimum atomic E-state index is -1.08. The fourth-order valence-electron chi connectivity index (χ4n) is 3.43. The third-order valence-electron chi connectivity index (χ3n) is 5.23. The second-order valence-corrected chi connectivity index (χ2v) is 8.65. The number of methoxy groups -OCH3 is 1. The van der Waals surface area contributed by atoms with Gasteiger partial charge in [-0.2, -0.15) is 0 Å². The summed E-state index contributed by atoms with van der Waals surface area (Å²) in [6.45, 7) is 1.81. The minimum Gasteiger partial charge on any atom is -0.496 e. The van der Waals surface area contributed by atoms with E-state index in [1.807, 2.05) is 6.92 Å². The molecule has 0 saturated carbocycles. The number of ether oxygens (including phenoxy) is 1. The molecule has 0 aliphatic rings. The molecular weight excluding hydrogens is 542 g/mol. The molecule has 9 nitrogen and oxygen atoms in total. The number of halogens is 2. The van der Waals surface area contributed by atoms with Crippen LogP contribution in [0.25, 0.3) is 0 Å². The van der Waals surface area contributed by atoms with Crippen LogP contribution in [0.2, 0.25) is 5.02 Å². The smallest absolute Gasteiger partial charge is 0.335 e. The Hall–Kier alpha value is -3.11. The van der Waals surface area contributed by atoms with E-state index in [0.29, 0.717) is 28.3 Å². The molecule has 2 rings (SSSR count). The highest BCUT2D eigenvalue weighted by molar-refractivity contribution is 9.09. The van der Waals surface area contributed by atoms with Gasteiger partial charge in [-0.05, 0) is 54.3 Å². The number of amides is 4. The van der Waals surface area contributed by atoms with Gasteiger partial charge in [0, 0.05) is 11.6 Å². The van der Waals surface area contributed by atoms with E-state index in [4.69, 9.17) is 16.3 Å². The lowest BCUT2D eigenvalue weighted by Gasteiger charge is -2.21. The zero-order valence-corrected chi connectivity index (χ0v) is 21.6. The van der Waals surface area contributed by atoms with Crippen LogP contribution in [0.3, 0.4) is 0 Å². The summed E-state index contributed by atoms with van der Waals surface area (Å²) in [5, 5.41) is 17.4. The first-order valence-electron chi connectivity index (χ1n) is 10.8. The Morgan fingerprint density at radius 3 is 2.51 bits per heavy atom. The zero-order valence-electron chi connectivity index (χ0n) is 19.3. The molecule has 0 radical (unpaired) electrons. The van der Waals surface area contributed by atoms with Crippen molar-refractivity contribution in [2.45, 2.75) is 25.8 Å². The Kier molecular flexibility index (Phi) is 11.0. The van der Waals surface area contributed by atoms with Crippen LogP contribution in [0.1, 0.15) is 40.9 Å². The molecule has 11 heteroatoms. The van der Waals surface area contributed by atoms with Gasteiger partial charge in [-0.1, -0.05) is 46.6 Å². The van der Waals surface area contributed by atoms with Crippen LogP contribution in [-0.2, 0) is 16.0 Å². The third kappa shape index (κ3) is 8.56. The number of carboxylic acid groups (broad SMARTS) is 1. The Labute approximate surface area is 216 Å². The molecule has 0 unspecified atom stereocenters. The number of nitrogens with one attached hydrogen (secondary N) is 3. The van der Waals surface area contributed by atoms with Crippen LogP contribution in [0.5, 0.6) is 5.75 Å². The molecule has 0 heterocycles. The van der Waals surface area contributed by atoms with Crippen LogP contribution in [-0.4, -0.2) is 47.9 Å². The van der Waals surface area contributed by atoms with E-state index in [-0.39, 0.29) is 29.8 Å². The maximum atomic E-state index is 13.0. The number of benzene rings is 2. The lowest BCUT2D eigenvalue weighted by molar-refractivity contribution is -0.124.